The van der Waals surface area contributed by atoms with Gasteiger partial charge in [0.15, 0.2) is 0 Å². The van der Waals surface area contributed by atoms with E-state index in [0.29, 0.717) is 11.4 Å². The molecule has 0 atom stereocenters. The summed E-state index contributed by atoms with van der Waals surface area (Å²) in [4.78, 5) is 18.1. The van der Waals surface area contributed by atoms with E-state index in [9.17, 15) is 4.79 Å². The first kappa shape index (κ1) is 15.1. The van der Waals surface area contributed by atoms with E-state index in [1.54, 1.807) is 0 Å². The molecule has 5 heteroatoms. The van der Waals surface area contributed by atoms with Gasteiger partial charge < -0.3 is 10.2 Å². The number of carbonyl (C=O) groups excluding carboxylic acids is 1. The largest absolute Gasteiger partial charge is 0.370 e. The minimum Gasteiger partial charge on any atom is -0.370 e. The Balaban J connectivity index is 1.60. The van der Waals surface area contributed by atoms with Crippen molar-refractivity contribution in [3.05, 3.63) is 34.9 Å². The fourth-order valence-electron chi connectivity index (χ4n) is 2.89. The van der Waals surface area contributed by atoms with E-state index in [0.717, 1.165) is 49.2 Å². The van der Waals surface area contributed by atoms with Crippen LogP contribution in [0.3, 0.4) is 0 Å². The average molecular weight is 318 g/mol. The van der Waals surface area contributed by atoms with Crippen molar-refractivity contribution in [2.24, 2.45) is 0 Å². The standard InChI is InChI=1S/C17H20ClN3O/c1-12-10-16(20-15-11-13(18)5-6-14(12)15)19-7-3-9-21-8-2-4-17(21)22/h5-6,10-11H,2-4,7-9H2,1H3,(H,19,20). The van der Waals surface area contributed by atoms with Gasteiger partial charge in [0.1, 0.15) is 5.82 Å². The molecule has 116 valence electrons. The normalized spacial score (nSPS) is 14.8. The molecule has 0 aliphatic carbocycles. The van der Waals surface area contributed by atoms with Gasteiger partial charge in [-0.3, -0.25) is 4.79 Å². The molecule has 1 N–H and O–H groups in total. The molecule has 22 heavy (non-hydrogen) atoms. The van der Waals surface area contributed by atoms with Gasteiger partial charge in [-0.2, -0.15) is 0 Å². The maximum absolute atomic E-state index is 11.5. The van der Waals surface area contributed by atoms with Crippen LogP contribution in [0.15, 0.2) is 24.3 Å². The fraction of sp³-hybridized carbons (Fsp3) is 0.412. The summed E-state index contributed by atoms with van der Waals surface area (Å²) in [5, 5.41) is 5.16. The molecule has 1 saturated heterocycles. The molecule has 1 aliphatic rings. The number of carbonyl (C=O) groups is 1. The molecule has 0 saturated carbocycles. The van der Waals surface area contributed by atoms with Crippen molar-refractivity contribution in [1.82, 2.24) is 9.88 Å². The lowest BCUT2D eigenvalue weighted by Gasteiger charge is -2.15. The number of nitrogens with one attached hydrogen (secondary N) is 1. The van der Waals surface area contributed by atoms with Crippen LogP contribution in [0.2, 0.25) is 5.02 Å². The van der Waals surface area contributed by atoms with E-state index < -0.39 is 0 Å². The van der Waals surface area contributed by atoms with Gasteiger partial charge in [0.2, 0.25) is 5.91 Å². The second-order valence-corrected chi connectivity index (χ2v) is 6.19. The first-order valence-corrected chi connectivity index (χ1v) is 8.10. The number of benzene rings is 1. The van der Waals surface area contributed by atoms with Gasteiger partial charge in [-0.05, 0) is 43.5 Å². The molecular formula is C17H20ClN3O. The van der Waals surface area contributed by atoms with Crippen molar-refractivity contribution < 1.29 is 4.79 Å². The number of likely N-dealkylation sites (tertiary alicyclic amines) is 1. The first-order valence-electron chi connectivity index (χ1n) is 7.72. The number of fused-ring (bicyclic) bond motifs is 1. The Morgan fingerprint density at radius 1 is 1.36 bits per heavy atom. The van der Waals surface area contributed by atoms with Gasteiger partial charge in [-0.15, -0.1) is 0 Å². The summed E-state index contributed by atoms with van der Waals surface area (Å²) in [6, 6.07) is 7.83. The lowest BCUT2D eigenvalue weighted by atomic mass is 10.1. The third-order valence-electron chi connectivity index (χ3n) is 4.06. The zero-order valence-corrected chi connectivity index (χ0v) is 13.5. The maximum Gasteiger partial charge on any atom is 0.222 e. The van der Waals surface area contributed by atoms with Crippen molar-refractivity contribution in [1.29, 1.82) is 0 Å². The monoisotopic (exact) mass is 317 g/mol. The molecular weight excluding hydrogens is 298 g/mol. The topological polar surface area (TPSA) is 45.2 Å². The minimum atomic E-state index is 0.286. The average Bonchev–Trinajstić information content (AvgIpc) is 2.88. The van der Waals surface area contributed by atoms with Crippen LogP contribution in [-0.4, -0.2) is 35.4 Å². The highest BCUT2D eigenvalue weighted by Gasteiger charge is 2.18. The van der Waals surface area contributed by atoms with Gasteiger partial charge in [-0.25, -0.2) is 4.98 Å². The van der Waals surface area contributed by atoms with Gasteiger partial charge in [0, 0.05) is 36.5 Å². The third-order valence-corrected chi connectivity index (χ3v) is 4.30. The number of amides is 1. The van der Waals surface area contributed by atoms with Crippen LogP contribution in [0, 0.1) is 6.92 Å². The van der Waals surface area contributed by atoms with E-state index in [1.807, 2.05) is 23.1 Å². The van der Waals surface area contributed by atoms with Gasteiger partial charge in [0.25, 0.3) is 0 Å². The minimum absolute atomic E-state index is 0.286. The summed E-state index contributed by atoms with van der Waals surface area (Å²) in [7, 11) is 0. The second-order valence-electron chi connectivity index (χ2n) is 5.75. The van der Waals surface area contributed by atoms with Crippen LogP contribution < -0.4 is 5.32 Å². The lowest BCUT2D eigenvalue weighted by Crippen LogP contribution is -2.27. The van der Waals surface area contributed by atoms with E-state index in [4.69, 9.17) is 11.6 Å². The number of rotatable bonds is 5. The molecule has 1 aromatic carbocycles. The molecule has 4 nitrogen and oxygen atoms in total. The van der Waals surface area contributed by atoms with Gasteiger partial charge >= 0.3 is 0 Å². The van der Waals surface area contributed by atoms with E-state index in [-0.39, 0.29) is 5.91 Å². The molecule has 1 aromatic heterocycles. The molecule has 1 amide bonds. The van der Waals surface area contributed by atoms with E-state index in [1.165, 1.54) is 5.56 Å². The Kier molecular flexibility index (Phi) is 4.48. The number of hydrogen-bond acceptors (Lipinski definition) is 3. The molecule has 0 bridgehead atoms. The van der Waals surface area contributed by atoms with Crippen molar-refractivity contribution in [3.8, 4) is 0 Å². The molecule has 2 aromatic rings. The summed E-state index contributed by atoms with van der Waals surface area (Å²) in [5.41, 5.74) is 2.09. The fourth-order valence-corrected chi connectivity index (χ4v) is 3.06. The van der Waals surface area contributed by atoms with Crippen molar-refractivity contribution in [2.45, 2.75) is 26.2 Å². The molecule has 1 fully saturated rings. The van der Waals surface area contributed by atoms with Gasteiger partial charge in [0.05, 0.1) is 5.52 Å². The molecule has 1 aliphatic heterocycles. The Hall–Kier alpha value is -1.81. The number of nitrogens with zero attached hydrogens (tertiary/aromatic N) is 2. The summed E-state index contributed by atoms with van der Waals surface area (Å²) in [6.07, 6.45) is 2.64. The van der Waals surface area contributed by atoms with Crippen LogP contribution in [-0.2, 0) is 4.79 Å². The second kappa shape index (κ2) is 6.53. The summed E-state index contributed by atoms with van der Waals surface area (Å²) < 4.78 is 0. The highest BCUT2D eigenvalue weighted by molar-refractivity contribution is 6.31. The van der Waals surface area contributed by atoms with E-state index in [2.05, 4.69) is 23.3 Å². The Labute approximate surface area is 135 Å². The Morgan fingerprint density at radius 3 is 3.00 bits per heavy atom. The number of hydrogen-bond donors (Lipinski definition) is 1. The van der Waals surface area contributed by atoms with Crippen molar-refractivity contribution in [3.63, 3.8) is 0 Å². The summed E-state index contributed by atoms with van der Waals surface area (Å²) in [5.74, 6) is 1.15. The zero-order valence-electron chi connectivity index (χ0n) is 12.7. The number of anilines is 1. The first-order chi connectivity index (χ1) is 10.6. The van der Waals surface area contributed by atoms with Gasteiger partial charge in [-0.1, -0.05) is 17.7 Å². The molecule has 3 rings (SSSR count). The Morgan fingerprint density at radius 2 is 2.23 bits per heavy atom. The smallest absolute Gasteiger partial charge is 0.222 e. The third kappa shape index (κ3) is 3.33. The summed E-state index contributed by atoms with van der Waals surface area (Å²) in [6.45, 7) is 4.61. The number of pyridine rings is 1. The van der Waals surface area contributed by atoms with Crippen LogP contribution >= 0.6 is 11.6 Å². The quantitative estimate of drug-likeness (QED) is 0.857. The van der Waals surface area contributed by atoms with Crippen molar-refractivity contribution in [2.75, 3.05) is 25.0 Å². The highest BCUT2D eigenvalue weighted by Crippen LogP contribution is 2.23. The number of aromatic nitrogens is 1. The predicted octanol–water partition coefficient (Wildman–Crippen LogP) is 3.62. The lowest BCUT2D eigenvalue weighted by molar-refractivity contribution is -0.127. The van der Waals surface area contributed by atoms with Crippen molar-refractivity contribution >= 4 is 34.2 Å². The van der Waals surface area contributed by atoms with Crippen LogP contribution in [0.4, 0.5) is 5.82 Å². The maximum atomic E-state index is 11.5. The molecule has 2 heterocycles. The highest BCUT2D eigenvalue weighted by atomic mass is 35.5. The van der Waals surface area contributed by atoms with E-state index >= 15 is 0 Å². The molecule has 0 spiro atoms. The molecule has 0 unspecified atom stereocenters. The number of halogens is 1. The SMILES string of the molecule is Cc1cc(NCCCN2CCCC2=O)nc2cc(Cl)ccc12. The Bertz CT molecular complexity index is 702. The van der Waals surface area contributed by atoms with Crippen LogP contribution in [0.1, 0.15) is 24.8 Å². The number of aryl methyl sites for hydroxylation is 1. The molecule has 0 radical (unpaired) electrons. The predicted molar refractivity (Wildman–Crippen MR) is 90.4 cm³/mol. The summed E-state index contributed by atoms with van der Waals surface area (Å²) >= 11 is 6.04. The van der Waals surface area contributed by atoms with Crippen LogP contribution in [0.5, 0.6) is 0 Å². The van der Waals surface area contributed by atoms with Crippen LogP contribution in [0.25, 0.3) is 10.9 Å². The zero-order chi connectivity index (χ0) is 15.5.